The molecule has 0 atom stereocenters. The minimum Gasteiger partial charge on any atom is -0.478 e. The van der Waals surface area contributed by atoms with Gasteiger partial charge in [-0.2, -0.15) is 4.98 Å². The molecule has 1 aromatic heterocycles. The van der Waals surface area contributed by atoms with Gasteiger partial charge >= 0.3 is 0 Å². The molecule has 0 unspecified atom stereocenters. The average molecular weight is 270 g/mol. The number of aryl methyl sites for hydroxylation is 1. The van der Waals surface area contributed by atoms with Gasteiger partial charge in [-0.3, -0.25) is 0 Å². The molecule has 1 aliphatic carbocycles. The van der Waals surface area contributed by atoms with Crippen LogP contribution in [0.1, 0.15) is 31.9 Å². The summed E-state index contributed by atoms with van der Waals surface area (Å²) in [5.74, 6) is 1.95. The maximum Gasteiger partial charge on any atom is 0.226 e. The van der Waals surface area contributed by atoms with Crippen LogP contribution in [-0.4, -0.2) is 28.5 Å². The number of alkyl halides is 1. The van der Waals surface area contributed by atoms with Gasteiger partial charge in [0.2, 0.25) is 11.8 Å². The Morgan fingerprint density at radius 1 is 1.44 bits per heavy atom. The Balaban J connectivity index is 1.88. The molecular weight excluding hydrogens is 250 g/mol. The Morgan fingerprint density at radius 2 is 2.22 bits per heavy atom. The fourth-order valence-electron chi connectivity index (χ4n) is 1.96. The van der Waals surface area contributed by atoms with E-state index in [0.29, 0.717) is 29.7 Å². The molecule has 1 aliphatic rings. The molecule has 100 valence electrons. The normalized spacial score (nSPS) is 22.4. The first-order valence-corrected chi connectivity index (χ1v) is 6.97. The molecule has 0 aromatic carbocycles. The highest BCUT2D eigenvalue weighted by Crippen LogP contribution is 2.31. The van der Waals surface area contributed by atoms with Crippen LogP contribution in [0.2, 0.25) is 0 Å². The first kappa shape index (κ1) is 13.4. The monoisotopic (exact) mass is 269 g/mol. The van der Waals surface area contributed by atoms with Gasteiger partial charge in [-0.05, 0) is 32.1 Å². The van der Waals surface area contributed by atoms with Crippen molar-refractivity contribution in [2.45, 2.75) is 38.5 Å². The summed E-state index contributed by atoms with van der Waals surface area (Å²) in [5, 5.41) is 3.62. The van der Waals surface area contributed by atoms with Gasteiger partial charge in [0.05, 0.1) is 6.61 Å². The summed E-state index contributed by atoms with van der Waals surface area (Å²) >= 11 is 5.95. The van der Waals surface area contributed by atoms with Crippen molar-refractivity contribution >= 4 is 17.5 Å². The predicted octanol–water partition coefficient (Wildman–Crippen LogP) is 3.00. The number of nitrogens with one attached hydrogen (secondary N) is 1. The van der Waals surface area contributed by atoms with E-state index in [-0.39, 0.29) is 0 Å². The lowest BCUT2D eigenvalue weighted by Crippen LogP contribution is -2.30. The number of anilines is 1. The Bertz CT molecular complexity index is 394. The van der Waals surface area contributed by atoms with Crippen molar-refractivity contribution in [2.24, 2.45) is 5.92 Å². The Hall–Kier alpha value is -1.03. The molecule has 0 bridgehead atoms. The van der Waals surface area contributed by atoms with Gasteiger partial charge < -0.3 is 10.1 Å². The van der Waals surface area contributed by atoms with E-state index in [1.807, 2.05) is 13.0 Å². The van der Waals surface area contributed by atoms with Crippen molar-refractivity contribution in [3.8, 4) is 5.88 Å². The van der Waals surface area contributed by atoms with Crippen LogP contribution in [0.15, 0.2) is 6.07 Å². The fourth-order valence-corrected chi connectivity index (χ4v) is 2.46. The number of hydrogen-bond acceptors (Lipinski definition) is 4. The maximum absolute atomic E-state index is 5.95. The lowest BCUT2D eigenvalue weighted by Gasteiger charge is -2.30. The second-order valence-electron chi connectivity index (χ2n) is 4.84. The zero-order valence-electron chi connectivity index (χ0n) is 10.9. The summed E-state index contributed by atoms with van der Waals surface area (Å²) in [6.45, 7) is 5.60. The zero-order valence-corrected chi connectivity index (χ0v) is 11.7. The van der Waals surface area contributed by atoms with Gasteiger partial charge in [-0.1, -0.05) is 6.92 Å². The van der Waals surface area contributed by atoms with Crippen molar-refractivity contribution in [1.29, 1.82) is 0 Å². The molecule has 0 radical (unpaired) electrons. The fraction of sp³-hybridized carbons (Fsp3) is 0.692. The van der Waals surface area contributed by atoms with E-state index in [1.165, 1.54) is 0 Å². The maximum atomic E-state index is 5.95. The van der Waals surface area contributed by atoms with Gasteiger partial charge in [0.1, 0.15) is 0 Å². The van der Waals surface area contributed by atoms with Crippen molar-refractivity contribution < 1.29 is 4.74 Å². The average Bonchev–Trinajstić information content (AvgIpc) is 2.30. The number of ether oxygens (including phenoxy) is 1. The van der Waals surface area contributed by atoms with Crippen LogP contribution in [0.4, 0.5) is 5.95 Å². The van der Waals surface area contributed by atoms with Gasteiger partial charge in [0, 0.05) is 23.7 Å². The number of halogens is 1. The van der Waals surface area contributed by atoms with Crippen LogP contribution < -0.4 is 10.1 Å². The largest absolute Gasteiger partial charge is 0.478 e. The molecule has 0 spiro atoms. The molecule has 1 saturated carbocycles. The van der Waals surface area contributed by atoms with Crippen LogP contribution in [0, 0.1) is 12.8 Å². The third-order valence-corrected chi connectivity index (χ3v) is 3.37. The standard InChI is InChI=1S/C13H20ClN3O/c1-3-4-18-12-5-9(2)16-13(17-12)15-8-10-6-11(14)7-10/h5,10-11H,3-4,6-8H2,1-2H3,(H,15,16,17). The smallest absolute Gasteiger partial charge is 0.226 e. The highest BCUT2D eigenvalue weighted by molar-refractivity contribution is 6.21. The van der Waals surface area contributed by atoms with Crippen LogP contribution >= 0.6 is 11.6 Å². The van der Waals surface area contributed by atoms with E-state index in [0.717, 1.165) is 31.5 Å². The summed E-state index contributed by atoms with van der Waals surface area (Å²) in [6, 6.07) is 1.86. The molecule has 18 heavy (non-hydrogen) atoms. The highest BCUT2D eigenvalue weighted by Gasteiger charge is 2.26. The Morgan fingerprint density at radius 3 is 2.89 bits per heavy atom. The van der Waals surface area contributed by atoms with Crippen molar-refractivity contribution in [2.75, 3.05) is 18.5 Å². The van der Waals surface area contributed by atoms with Crippen molar-refractivity contribution in [3.05, 3.63) is 11.8 Å². The predicted molar refractivity (Wildman–Crippen MR) is 73.4 cm³/mol. The molecule has 0 saturated heterocycles. The molecule has 1 heterocycles. The number of nitrogens with zero attached hydrogens (tertiary/aromatic N) is 2. The second-order valence-corrected chi connectivity index (χ2v) is 5.45. The van der Waals surface area contributed by atoms with Crippen LogP contribution in [0.25, 0.3) is 0 Å². The lowest BCUT2D eigenvalue weighted by molar-refractivity contribution is 0.304. The molecule has 1 fully saturated rings. The molecular formula is C13H20ClN3O. The van der Waals surface area contributed by atoms with Crippen LogP contribution in [0.5, 0.6) is 5.88 Å². The third-order valence-electron chi connectivity index (χ3n) is 3.01. The SMILES string of the molecule is CCCOc1cc(C)nc(NCC2CC(Cl)C2)n1. The summed E-state index contributed by atoms with van der Waals surface area (Å²) < 4.78 is 5.53. The topological polar surface area (TPSA) is 47.0 Å². The van der Waals surface area contributed by atoms with Gasteiger partial charge in [-0.25, -0.2) is 4.98 Å². The summed E-state index contributed by atoms with van der Waals surface area (Å²) in [5.41, 5.74) is 0.919. The molecule has 5 heteroatoms. The summed E-state index contributed by atoms with van der Waals surface area (Å²) in [4.78, 5) is 8.70. The van der Waals surface area contributed by atoms with Crippen LogP contribution in [0.3, 0.4) is 0 Å². The highest BCUT2D eigenvalue weighted by atomic mass is 35.5. The van der Waals surface area contributed by atoms with Gasteiger partial charge in [0.15, 0.2) is 0 Å². The molecule has 1 N–H and O–H groups in total. The minimum absolute atomic E-state index is 0.360. The minimum atomic E-state index is 0.360. The second kappa shape index (κ2) is 6.23. The van der Waals surface area contributed by atoms with E-state index in [2.05, 4.69) is 22.2 Å². The van der Waals surface area contributed by atoms with Crippen LogP contribution in [-0.2, 0) is 0 Å². The summed E-state index contributed by atoms with van der Waals surface area (Å²) in [6.07, 6.45) is 3.14. The van der Waals surface area contributed by atoms with E-state index in [4.69, 9.17) is 16.3 Å². The molecule has 0 aliphatic heterocycles. The van der Waals surface area contributed by atoms with E-state index >= 15 is 0 Å². The number of hydrogen-bond donors (Lipinski definition) is 1. The Kier molecular flexibility index (Phi) is 4.64. The number of rotatable bonds is 6. The number of aromatic nitrogens is 2. The van der Waals surface area contributed by atoms with E-state index in [1.54, 1.807) is 0 Å². The third kappa shape index (κ3) is 3.73. The van der Waals surface area contributed by atoms with Gasteiger partial charge in [0.25, 0.3) is 0 Å². The first-order valence-electron chi connectivity index (χ1n) is 6.53. The molecule has 1 aromatic rings. The lowest BCUT2D eigenvalue weighted by atomic mass is 9.85. The molecule has 4 nitrogen and oxygen atoms in total. The molecule has 2 rings (SSSR count). The van der Waals surface area contributed by atoms with Crippen molar-refractivity contribution in [1.82, 2.24) is 9.97 Å². The zero-order chi connectivity index (χ0) is 13.0. The van der Waals surface area contributed by atoms with Gasteiger partial charge in [-0.15, -0.1) is 11.6 Å². The van der Waals surface area contributed by atoms with E-state index < -0.39 is 0 Å². The molecule has 0 amide bonds. The van der Waals surface area contributed by atoms with E-state index in [9.17, 15) is 0 Å². The Labute approximate surface area is 113 Å². The first-order chi connectivity index (χ1) is 8.67. The van der Waals surface area contributed by atoms with Crippen molar-refractivity contribution in [3.63, 3.8) is 0 Å². The summed E-state index contributed by atoms with van der Waals surface area (Å²) in [7, 11) is 0. The quantitative estimate of drug-likeness (QED) is 0.807.